The highest BCUT2D eigenvalue weighted by molar-refractivity contribution is 5.99. The van der Waals surface area contributed by atoms with Gasteiger partial charge in [0.25, 0.3) is 0 Å². The molecule has 0 aromatic heterocycles. The molecule has 4 aromatic rings. The van der Waals surface area contributed by atoms with Crippen LogP contribution < -0.4 is 0 Å². The molecular weight excluding hydrogens is 388 g/mol. The number of carboxylic acids is 2. The molecule has 2 N–H and O–H groups in total. The van der Waals surface area contributed by atoms with E-state index in [4.69, 9.17) is 0 Å². The normalized spacial score (nSPS) is 13.9. The van der Waals surface area contributed by atoms with Crippen LogP contribution in [0.5, 0.6) is 0 Å². The lowest BCUT2D eigenvalue weighted by molar-refractivity contribution is 0.0686. The molecule has 4 nitrogen and oxygen atoms in total. The Morgan fingerprint density at radius 3 is 1.32 bits per heavy atom. The molecule has 2 aliphatic carbocycles. The van der Waals surface area contributed by atoms with Crippen LogP contribution in [-0.4, -0.2) is 22.2 Å². The first kappa shape index (κ1) is 17.7. The van der Waals surface area contributed by atoms with Gasteiger partial charge in [0.15, 0.2) is 0 Å². The van der Waals surface area contributed by atoms with Crippen LogP contribution in [-0.2, 0) is 5.41 Å². The van der Waals surface area contributed by atoms with Gasteiger partial charge in [-0.2, -0.15) is 0 Å². The van der Waals surface area contributed by atoms with Crippen LogP contribution in [0.15, 0.2) is 84.9 Å². The van der Waals surface area contributed by atoms with E-state index in [9.17, 15) is 19.8 Å². The molecule has 0 atom stereocenters. The highest BCUT2D eigenvalue weighted by Gasteiger charge is 2.51. The summed E-state index contributed by atoms with van der Waals surface area (Å²) in [4.78, 5) is 23.7. The Hall–Kier alpha value is -4.18. The molecule has 4 aromatic carbocycles. The summed E-state index contributed by atoms with van der Waals surface area (Å²) < 4.78 is 0. The number of hydrogen-bond acceptors (Lipinski definition) is 2. The molecule has 0 radical (unpaired) electrons. The van der Waals surface area contributed by atoms with Gasteiger partial charge < -0.3 is 10.2 Å². The van der Waals surface area contributed by atoms with Crippen LogP contribution in [0.25, 0.3) is 22.3 Å². The average Bonchev–Trinajstić information content (AvgIpc) is 3.25. The fourth-order valence-corrected chi connectivity index (χ4v) is 5.41. The second-order valence-corrected chi connectivity index (χ2v) is 7.97. The summed E-state index contributed by atoms with van der Waals surface area (Å²) >= 11 is 0. The van der Waals surface area contributed by atoms with Gasteiger partial charge in [-0.1, -0.05) is 60.7 Å². The molecule has 0 saturated carbocycles. The largest absolute Gasteiger partial charge is 0.478 e. The van der Waals surface area contributed by atoms with Gasteiger partial charge in [0, 0.05) is 0 Å². The predicted octanol–water partition coefficient (Wildman–Crippen LogP) is 5.43. The van der Waals surface area contributed by atoms with Crippen LogP contribution in [0.2, 0.25) is 0 Å². The number of hydrogen-bond donors (Lipinski definition) is 2. The number of benzene rings is 4. The van der Waals surface area contributed by atoms with Crippen molar-refractivity contribution in [3.05, 3.63) is 118 Å². The number of carboxylic acid groups (broad SMARTS) is 2. The van der Waals surface area contributed by atoms with Gasteiger partial charge in [-0.25, -0.2) is 9.59 Å². The topological polar surface area (TPSA) is 74.6 Å². The van der Waals surface area contributed by atoms with E-state index in [2.05, 4.69) is 12.1 Å². The van der Waals surface area contributed by atoms with E-state index in [-0.39, 0.29) is 11.1 Å². The summed E-state index contributed by atoms with van der Waals surface area (Å²) in [7, 11) is 0. The number of carbonyl (C=O) groups is 2. The quantitative estimate of drug-likeness (QED) is 0.404. The molecule has 6 rings (SSSR count). The Kier molecular flexibility index (Phi) is 3.37. The molecule has 0 saturated heterocycles. The monoisotopic (exact) mass is 404 g/mol. The Morgan fingerprint density at radius 2 is 0.903 bits per heavy atom. The maximum atomic E-state index is 11.8. The van der Waals surface area contributed by atoms with E-state index >= 15 is 0 Å². The van der Waals surface area contributed by atoms with Crippen molar-refractivity contribution in [2.75, 3.05) is 0 Å². The van der Waals surface area contributed by atoms with Crippen molar-refractivity contribution in [3.8, 4) is 22.3 Å². The summed E-state index contributed by atoms with van der Waals surface area (Å²) in [6.07, 6.45) is 0. The van der Waals surface area contributed by atoms with Crippen LogP contribution in [0.4, 0.5) is 0 Å². The van der Waals surface area contributed by atoms with Crippen LogP contribution in [0.1, 0.15) is 43.0 Å². The van der Waals surface area contributed by atoms with Crippen molar-refractivity contribution in [1.82, 2.24) is 0 Å². The van der Waals surface area contributed by atoms with Crippen LogP contribution in [0.3, 0.4) is 0 Å². The molecule has 2 aliphatic rings. The highest BCUT2D eigenvalue weighted by Crippen LogP contribution is 2.62. The lowest BCUT2D eigenvalue weighted by Gasteiger charge is -2.30. The fourth-order valence-electron chi connectivity index (χ4n) is 5.41. The summed E-state index contributed by atoms with van der Waals surface area (Å²) in [6, 6.07) is 26.6. The zero-order valence-corrected chi connectivity index (χ0v) is 16.3. The van der Waals surface area contributed by atoms with Crippen molar-refractivity contribution < 1.29 is 19.8 Å². The minimum Gasteiger partial charge on any atom is -0.478 e. The van der Waals surface area contributed by atoms with Gasteiger partial charge in [-0.15, -0.1) is 0 Å². The van der Waals surface area contributed by atoms with E-state index in [1.807, 2.05) is 48.5 Å². The molecule has 0 aliphatic heterocycles. The summed E-state index contributed by atoms with van der Waals surface area (Å²) in [6.45, 7) is 0. The van der Waals surface area contributed by atoms with Crippen molar-refractivity contribution in [2.24, 2.45) is 0 Å². The number of rotatable bonds is 2. The van der Waals surface area contributed by atoms with E-state index in [0.29, 0.717) is 0 Å². The lowest BCUT2D eigenvalue weighted by atomic mass is 9.70. The molecule has 0 bridgehead atoms. The second-order valence-electron chi connectivity index (χ2n) is 7.97. The first-order chi connectivity index (χ1) is 15.0. The predicted molar refractivity (Wildman–Crippen MR) is 117 cm³/mol. The summed E-state index contributed by atoms with van der Waals surface area (Å²) in [5.41, 5.74) is 7.54. The van der Waals surface area contributed by atoms with E-state index in [0.717, 1.165) is 44.5 Å². The van der Waals surface area contributed by atoms with Gasteiger partial charge in [0.1, 0.15) is 0 Å². The first-order valence-electron chi connectivity index (χ1n) is 9.99. The second kappa shape index (κ2) is 5.92. The zero-order chi connectivity index (χ0) is 21.3. The van der Waals surface area contributed by atoms with Gasteiger partial charge in [0.2, 0.25) is 0 Å². The van der Waals surface area contributed by atoms with E-state index < -0.39 is 17.4 Å². The van der Waals surface area contributed by atoms with Gasteiger partial charge in [0.05, 0.1) is 16.5 Å². The molecule has 31 heavy (non-hydrogen) atoms. The molecule has 148 valence electrons. The van der Waals surface area contributed by atoms with Crippen molar-refractivity contribution in [2.45, 2.75) is 5.41 Å². The Labute approximate surface area is 178 Å². The molecular formula is C27H16O4. The van der Waals surface area contributed by atoms with E-state index in [1.54, 1.807) is 24.3 Å². The molecule has 0 fully saturated rings. The standard InChI is InChI=1S/C27H16O4/c28-25(29)15-9-11-19-17-5-1-3-7-21(17)27(23(19)13-15)22-8-4-2-6-18(22)20-12-10-16(26(30)31)14-24(20)27/h1-14H,(H,28,29)(H,30,31). The summed E-state index contributed by atoms with van der Waals surface area (Å²) in [5.74, 6) is -1.97. The number of fused-ring (bicyclic) bond motifs is 10. The van der Waals surface area contributed by atoms with Crippen LogP contribution in [0, 0.1) is 0 Å². The third-order valence-electron chi connectivity index (χ3n) is 6.58. The van der Waals surface area contributed by atoms with Gasteiger partial charge in [-0.3, -0.25) is 0 Å². The van der Waals surface area contributed by atoms with Crippen molar-refractivity contribution in [1.29, 1.82) is 0 Å². The Bertz CT molecular complexity index is 1340. The Balaban J connectivity index is 1.83. The minimum absolute atomic E-state index is 0.214. The highest BCUT2D eigenvalue weighted by atomic mass is 16.4. The zero-order valence-electron chi connectivity index (χ0n) is 16.3. The summed E-state index contributed by atoms with van der Waals surface area (Å²) in [5, 5.41) is 19.4. The van der Waals surface area contributed by atoms with E-state index in [1.165, 1.54) is 0 Å². The fraction of sp³-hybridized carbons (Fsp3) is 0.0370. The SMILES string of the molecule is O=C(O)c1ccc2c(c1)C1(c3ccccc3-2)c2ccccc2-c2ccc(C(=O)O)cc21. The molecule has 1 spiro atoms. The maximum Gasteiger partial charge on any atom is 0.335 e. The van der Waals surface area contributed by atoms with Gasteiger partial charge >= 0.3 is 11.9 Å². The smallest absolute Gasteiger partial charge is 0.335 e. The van der Waals surface area contributed by atoms with Gasteiger partial charge in [-0.05, 0) is 68.8 Å². The van der Waals surface area contributed by atoms with Crippen molar-refractivity contribution in [3.63, 3.8) is 0 Å². The molecule has 0 heterocycles. The molecule has 4 heteroatoms. The molecule has 0 unspecified atom stereocenters. The lowest BCUT2D eigenvalue weighted by Crippen LogP contribution is -2.26. The average molecular weight is 404 g/mol. The minimum atomic E-state index is -0.986. The third kappa shape index (κ3) is 2.09. The number of aromatic carboxylic acids is 2. The first-order valence-corrected chi connectivity index (χ1v) is 9.99. The molecule has 0 amide bonds. The Morgan fingerprint density at radius 1 is 0.516 bits per heavy atom. The maximum absolute atomic E-state index is 11.8. The third-order valence-corrected chi connectivity index (χ3v) is 6.58. The van der Waals surface area contributed by atoms with Crippen molar-refractivity contribution >= 4 is 11.9 Å². The van der Waals surface area contributed by atoms with Crippen LogP contribution >= 0.6 is 0 Å².